The largest absolute Gasteiger partial charge is 0.497 e. The van der Waals surface area contributed by atoms with Gasteiger partial charge in [-0.15, -0.1) is 0 Å². The number of anilines is 1. The van der Waals surface area contributed by atoms with Gasteiger partial charge in [-0.25, -0.2) is 0 Å². The van der Waals surface area contributed by atoms with Crippen LogP contribution >= 0.6 is 0 Å². The van der Waals surface area contributed by atoms with Crippen molar-refractivity contribution in [2.75, 3.05) is 12.4 Å². The van der Waals surface area contributed by atoms with Gasteiger partial charge in [-0.3, -0.25) is 9.59 Å². The fraction of sp³-hybridized carbons (Fsp3) is 0.333. The zero-order valence-corrected chi connectivity index (χ0v) is 16.3. The number of carbonyl (C=O) groups is 2. The van der Waals surface area contributed by atoms with Gasteiger partial charge in [-0.2, -0.15) is 0 Å². The second-order valence-corrected chi connectivity index (χ2v) is 7.21. The van der Waals surface area contributed by atoms with Crippen LogP contribution in [-0.4, -0.2) is 30.6 Å². The molecule has 0 spiro atoms. The summed E-state index contributed by atoms with van der Waals surface area (Å²) < 4.78 is 10.7. The monoisotopic (exact) mass is 370 g/mol. The predicted octanol–water partition coefficient (Wildman–Crippen LogP) is 3.63. The summed E-state index contributed by atoms with van der Waals surface area (Å²) in [5.74, 6) is 0.858. The van der Waals surface area contributed by atoms with E-state index < -0.39 is 6.10 Å². The molecule has 2 aromatic carbocycles. The summed E-state index contributed by atoms with van der Waals surface area (Å²) in [5.41, 5.74) is 0.820. The van der Waals surface area contributed by atoms with Gasteiger partial charge in [0.15, 0.2) is 6.10 Å². The highest BCUT2D eigenvalue weighted by atomic mass is 16.5. The van der Waals surface area contributed by atoms with Crippen molar-refractivity contribution in [1.82, 2.24) is 5.32 Å². The number of nitrogens with one attached hydrogen (secondary N) is 2. The maximum atomic E-state index is 12.3. The lowest BCUT2D eigenvalue weighted by Gasteiger charge is -2.20. The number of amides is 2. The van der Waals surface area contributed by atoms with Gasteiger partial charge in [0, 0.05) is 16.8 Å². The molecule has 144 valence electrons. The maximum absolute atomic E-state index is 12.3. The normalized spacial score (nSPS) is 12.0. The fourth-order valence-electron chi connectivity index (χ4n) is 2.27. The van der Waals surface area contributed by atoms with E-state index in [9.17, 15) is 9.59 Å². The quantitative estimate of drug-likeness (QED) is 0.814. The first-order valence-corrected chi connectivity index (χ1v) is 8.72. The van der Waals surface area contributed by atoms with Crippen LogP contribution in [-0.2, 0) is 4.79 Å². The van der Waals surface area contributed by atoms with E-state index >= 15 is 0 Å². The lowest BCUT2D eigenvalue weighted by molar-refractivity contribution is -0.122. The summed E-state index contributed by atoms with van der Waals surface area (Å²) in [4.78, 5) is 24.4. The third kappa shape index (κ3) is 6.33. The number of carbonyl (C=O) groups excluding carboxylic acids is 2. The Bertz CT molecular complexity index is 777. The molecule has 2 N–H and O–H groups in total. The van der Waals surface area contributed by atoms with Crippen LogP contribution < -0.4 is 20.1 Å². The molecule has 1 atom stereocenters. The standard InChI is InChI=1S/C21H26N2O4/c1-14(27-18-12-10-17(26-5)11-13-18)19(24)22-16-8-6-15(7-9-16)20(25)23-21(2,3)4/h6-14H,1-5H3,(H,22,24)(H,23,25). The van der Waals surface area contributed by atoms with Crippen LogP contribution in [0.1, 0.15) is 38.1 Å². The molecule has 0 bridgehead atoms. The van der Waals surface area contributed by atoms with Crippen molar-refractivity contribution in [2.45, 2.75) is 39.3 Å². The molecule has 0 radical (unpaired) electrons. The second-order valence-electron chi connectivity index (χ2n) is 7.21. The van der Waals surface area contributed by atoms with Crippen molar-refractivity contribution in [3.05, 3.63) is 54.1 Å². The molecular weight excluding hydrogens is 344 g/mol. The third-order valence-corrected chi connectivity index (χ3v) is 3.64. The predicted molar refractivity (Wildman–Crippen MR) is 105 cm³/mol. The molecule has 0 aromatic heterocycles. The number of benzene rings is 2. The summed E-state index contributed by atoms with van der Waals surface area (Å²) in [6.45, 7) is 7.43. The smallest absolute Gasteiger partial charge is 0.265 e. The molecule has 0 heterocycles. The van der Waals surface area contributed by atoms with Crippen molar-refractivity contribution < 1.29 is 19.1 Å². The van der Waals surface area contributed by atoms with Gasteiger partial charge >= 0.3 is 0 Å². The second kappa shape index (κ2) is 8.58. The van der Waals surface area contributed by atoms with Crippen LogP contribution in [0.3, 0.4) is 0 Å². The highest BCUT2D eigenvalue weighted by molar-refractivity contribution is 5.97. The van der Waals surface area contributed by atoms with Gasteiger partial charge in [0.2, 0.25) is 0 Å². The fourth-order valence-corrected chi connectivity index (χ4v) is 2.27. The van der Waals surface area contributed by atoms with E-state index in [1.807, 2.05) is 20.8 Å². The molecule has 0 saturated heterocycles. The number of methoxy groups -OCH3 is 1. The van der Waals surface area contributed by atoms with Crippen molar-refractivity contribution >= 4 is 17.5 Å². The zero-order valence-electron chi connectivity index (χ0n) is 16.3. The van der Waals surface area contributed by atoms with E-state index in [0.717, 1.165) is 5.75 Å². The summed E-state index contributed by atoms with van der Waals surface area (Å²) in [6, 6.07) is 13.7. The van der Waals surface area contributed by atoms with Crippen LogP contribution in [0.2, 0.25) is 0 Å². The topological polar surface area (TPSA) is 76.7 Å². The summed E-state index contributed by atoms with van der Waals surface area (Å²) >= 11 is 0. The van der Waals surface area contributed by atoms with Crippen molar-refractivity contribution in [3.8, 4) is 11.5 Å². The Hall–Kier alpha value is -3.02. The van der Waals surface area contributed by atoms with Gasteiger partial charge in [0.1, 0.15) is 11.5 Å². The lowest BCUT2D eigenvalue weighted by atomic mass is 10.1. The van der Waals surface area contributed by atoms with Gasteiger partial charge in [0.25, 0.3) is 11.8 Å². The van der Waals surface area contributed by atoms with E-state index in [2.05, 4.69) is 10.6 Å². The van der Waals surface area contributed by atoms with E-state index in [1.165, 1.54) is 0 Å². The van der Waals surface area contributed by atoms with Gasteiger partial charge in [-0.1, -0.05) is 0 Å². The number of rotatable bonds is 6. The molecule has 2 amide bonds. The Morgan fingerprint density at radius 3 is 2.00 bits per heavy atom. The summed E-state index contributed by atoms with van der Waals surface area (Å²) in [5, 5.41) is 5.67. The highest BCUT2D eigenvalue weighted by Crippen LogP contribution is 2.19. The molecule has 0 aliphatic rings. The van der Waals surface area contributed by atoms with E-state index in [4.69, 9.17) is 9.47 Å². The Morgan fingerprint density at radius 1 is 0.926 bits per heavy atom. The molecule has 27 heavy (non-hydrogen) atoms. The number of hydrogen-bond acceptors (Lipinski definition) is 4. The average Bonchev–Trinajstić information content (AvgIpc) is 2.61. The van der Waals surface area contributed by atoms with Crippen molar-refractivity contribution in [1.29, 1.82) is 0 Å². The van der Waals surface area contributed by atoms with E-state index in [1.54, 1.807) is 62.6 Å². The minimum Gasteiger partial charge on any atom is -0.497 e. The number of hydrogen-bond donors (Lipinski definition) is 2. The van der Waals surface area contributed by atoms with E-state index in [0.29, 0.717) is 17.0 Å². The first-order chi connectivity index (χ1) is 12.7. The third-order valence-electron chi connectivity index (χ3n) is 3.64. The van der Waals surface area contributed by atoms with Crippen LogP contribution in [0.25, 0.3) is 0 Å². The van der Waals surface area contributed by atoms with Crippen LogP contribution in [0.4, 0.5) is 5.69 Å². The molecule has 2 rings (SSSR count). The van der Waals surface area contributed by atoms with Crippen molar-refractivity contribution in [3.63, 3.8) is 0 Å². The molecule has 0 aliphatic carbocycles. The molecule has 2 aromatic rings. The Morgan fingerprint density at radius 2 is 1.48 bits per heavy atom. The Kier molecular flexibility index (Phi) is 6.45. The minimum absolute atomic E-state index is 0.156. The zero-order chi connectivity index (χ0) is 20.0. The highest BCUT2D eigenvalue weighted by Gasteiger charge is 2.17. The first kappa shape index (κ1) is 20.3. The van der Waals surface area contributed by atoms with Gasteiger partial charge in [-0.05, 0) is 76.2 Å². The maximum Gasteiger partial charge on any atom is 0.265 e. The van der Waals surface area contributed by atoms with Crippen molar-refractivity contribution in [2.24, 2.45) is 0 Å². The van der Waals surface area contributed by atoms with Crippen LogP contribution in [0, 0.1) is 0 Å². The van der Waals surface area contributed by atoms with Gasteiger partial charge < -0.3 is 20.1 Å². The molecule has 0 saturated carbocycles. The average molecular weight is 370 g/mol. The number of ether oxygens (including phenoxy) is 2. The van der Waals surface area contributed by atoms with Gasteiger partial charge in [0.05, 0.1) is 7.11 Å². The summed E-state index contributed by atoms with van der Waals surface area (Å²) in [7, 11) is 1.59. The minimum atomic E-state index is -0.678. The Labute approximate surface area is 159 Å². The molecule has 6 nitrogen and oxygen atoms in total. The lowest BCUT2D eigenvalue weighted by Crippen LogP contribution is -2.40. The molecule has 6 heteroatoms. The van der Waals surface area contributed by atoms with Crippen LogP contribution in [0.5, 0.6) is 11.5 Å². The van der Waals surface area contributed by atoms with Crippen LogP contribution in [0.15, 0.2) is 48.5 Å². The van der Waals surface area contributed by atoms with E-state index in [-0.39, 0.29) is 17.4 Å². The first-order valence-electron chi connectivity index (χ1n) is 8.72. The summed E-state index contributed by atoms with van der Waals surface area (Å²) in [6.07, 6.45) is -0.678. The molecule has 0 aliphatic heterocycles. The molecule has 0 fully saturated rings. The molecule has 1 unspecified atom stereocenters. The SMILES string of the molecule is COc1ccc(OC(C)C(=O)Nc2ccc(C(=O)NC(C)(C)C)cc2)cc1. The Balaban J connectivity index is 1.93. The molecular formula is C21H26N2O4.